The SMILES string of the molecule is Cn1c(CC(F)(CN)C(C)(C)C)nc2ccccc21. The van der Waals surface area contributed by atoms with E-state index < -0.39 is 11.1 Å². The summed E-state index contributed by atoms with van der Waals surface area (Å²) in [6, 6.07) is 7.83. The third-order valence-electron chi connectivity index (χ3n) is 3.99. The van der Waals surface area contributed by atoms with Crippen LogP contribution in [0.15, 0.2) is 24.3 Å². The molecule has 2 N–H and O–H groups in total. The predicted octanol–water partition coefficient (Wildman–Crippen LogP) is 2.83. The average Bonchev–Trinajstić information content (AvgIpc) is 2.65. The van der Waals surface area contributed by atoms with E-state index in [9.17, 15) is 0 Å². The molecule has 2 aromatic rings. The Hall–Kier alpha value is -1.42. The van der Waals surface area contributed by atoms with E-state index in [1.807, 2.05) is 56.7 Å². The zero-order chi connectivity index (χ0) is 14.3. The van der Waals surface area contributed by atoms with Gasteiger partial charge in [-0.25, -0.2) is 9.37 Å². The highest BCUT2D eigenvalue weighted by atomic mass is 19.1. The van der Waals surface area contributed by atoms with Crippen molar-refractivity contribution >= 4 is 11.0 Å². The first-order valence-corrected chi connectivity index (χ1v) is 6.58. The van der Waals surface area contributed by atoms with Gasteiger partial charge in [-0.2, -0.15) is 0 Å². The second-order valence-electron chi connectivity index (χ2n) is 6.17. The van der Waals surface area contributed by atoms with Crippen molar-refractivity contribution in [2.24, 2.45) is 18.2 Å². The second kappa shape index (κ2) is 4.60. The summed E-state index contributed by atoms with van der Waals surface area (Å²) in [6.07, 6.45) is 0.234. The lowest BCUT2D eigenvalue weighted by atomic mass is 9.76. The largest absolute Gasteiger partial charge is 0.331 e. The average molecular weight is 263 g/mol. The van der Waals surface area contributed by atoms with Crippen molar-refractivity contribution in [3.8, 4) is 0 Å². The van der Waals surface area contributed by atoms with Gasteiger partial charge in [0.2, 0.25) is 0 Å². The number of benzene rings is 1. The van der Waals surface area contributed by atoms with Crippen LogP contribution in [0.3, 0.4) is 0 Å². The molecule has 1 aromatic carbocycles. The molecule has 0 aliphatic rings. The van der Waals surface area contributed by atoms with Crippen molar-refractivity contribution in [2.45, 2.75) is 32.9 Å². The molecule has 0 aliphatic heterocycles. The number of para-hydroxylation sites is 2. The van der Waals surface area contributed by atoms with E-state index >= 15 is 4.39 Å². The highest BCUT2D eigenvalue weighted by Crippen LogP contribution is 2.36. The fourth-order valence-corrected chi connectivity index (χ4v) is 2.25. The molecule has 0 saturated heterocycles. The van der Waals surface area contributed by atoms with Gasteiger partial charge in [0, 0.05) is 20.0 Å². The number of aryl methyl sites for hydroxylation is 1. The number of nitrogens with zero attached hydrogens (tertiary/aromatic N) is 2. The van der Waals surface area contributed by atoms with Crippen molar-refractivity contribution in [3.05, 3.63) is 30.1 Å². The maximum absolute atomic E-state index is 15.0. The quantitative estimate of drug-likeness (QED) is 0.925. The Labute approximate surface area is 113 Å². The molecule has 1 aromatic heterocycles. The Morgan fingerprint density at radius 2 is 1.89 bits per heavy atom. The van der Waals surface area contributed by atoms with Crippen LogP contribution >= 0.6 is 0 Å². The van der Waals surface area contributed by atoms with Gasteiger partial charge in [-0.15, -0.1) is 0 Å². The van der Waals surface area contributed by atoms with Gasteiger partial charge in [0.1, 0.15) is 11.5 Å². The number of fused-ring (bicyclic) bond motifs is 1. The number of rotatable bonds is 3. The molecular formula is C15H22FN3. The number of nitrogens with two attached hydrogens (primary N) is 1. The van der Waals surface area contributed by atoms with Crippen molar-refractivity contribution in [1.29, 1.82) is 0 Å². The van der Waals surface area contributed by atoms with Crippen molar-refractivity contribution in [2.75, 3.05) is 6.54 Å². The van der Waals surface area contributed by atoms with Crippen LogP contribution in [0.2, 0.25) is 0 Å². The third kappa shape index (κ3) is 2.37. The van der Waals surface area contributed by atoms with Crippen LogP contribution in [0, 0.1) is 5.41 Å². The topological polar surface area (TPSA) is 43.8 Å². The van der Waals surface area contributed by atoms with Gasteiger partial charge in [0.25, 0.3) is 0 Å². The molecule has 0 amide bonds. The molecule has 2 rings (SSSR count). The summed E-state index contributed by atoms with van der Waals surface area (Å²) < 4.78 is 17.0. The fourth-order valence-electron chi connectivity index (χ4n) is 2.25. The van der Waals surface area contributed by atoms with E-state index in [0.717, 1.165) is 16.9 Å². The number of hydrogen-bond donors (Lipinski definition) is 1. The minimum atomic E-state index is -1.46. The Kier molecular flexibility index (Phi) is 3.39. The van der Waals surface area contributed by atoms with Gasteiger partial charge >= 0.3 is 0 Å². The van der Waals surface area contributed by atoms with Crippen LogP contribution in [-0.4, -0.2) is 21.8 Å². The number of halogens is 1. The Morgan fingerprint density at radius 3 is 2.42 bits per heavy atom. The van der Waals surface area contributed by atoms with Crippen molar-refractivity contribution < 1.29 is 4.39 Å². The van der Waals surface area contributed by atoms with E-state index in [2.05, 4.69) is 4.98 Å². The summed E-state index contributed by atoms with van der Waals surface area (Å²) in [4.78, 5) is 4.53. The summed E-state index contributed by atoms with van der Waals surface area (Å²) in [7, 11) is 1.92. The lowest BCUT2D eigenvalue weighted by Gasteiger charge is -2.36. The van der Waals surface area contributed by atoms with Crippen LogP contribution in [0.4, 0.5) is 4.39 Å². The molecular weight excluding hydrogens is 241 g/mol. The molecule has 1 unspecified atom stereocenters. The summed E-state index contributed by atoms with van der Waals surface area (Å²) >= 11 is 0. The lowest BCUT2D eigenvalue weighted by molar-refractivity contribution is 0.0358. The Morgan fingerprint density at radius 1 is 1.26 bits per heavy atom. The number of alkyl halides is 1. The molecule has 104 valence electrons. The predicted molar refractivity (Wildman–Crippen MR) is 76.8 cm³/mol. The molecule has 0 fully saturated rings. The van der Waals surface area contributed by atoms with Crippen LogP contribution in [0.5, 0.6) is 0 Å². The van der Waals surface area contributed by atoms with Crippen molar-refractivity contribution in [3.63, 3.8) is 0 Å². The maximum Gasteiger partial charge on any atom is 0.134 e. The van der Waals surface area contributed by atoms with Crippen LogP contribution in [0.1, 0.15) is 26.6 Å². The van der Waals surface area contributed by atoms with E-state index in [1.165, 1.54) is 0 Å². The molecule has 1 heterocycles. The maximum atomic E-state index is 15.0. The monoisotopic (exact) mass is 263 g/mol. The van der Waals surface area contributed by atoms with E-state index in [1.54, 1.807) is 0 Å². The van der Waals surface area contributed by atoms with Gasteiger partial charge in [0.05, 0.1) is 11.0 Å². The molecule has 1 atom stereocenters. The molecule has 0 saturated carbocycles. The highest BCUT2D eigenvalue weighted by Gasteiger charge is 2.42. The molecule has 0 bridgehead atoms. The van der Waals surface area contributed by atoms with Gasteiger partial charge < -0.3 is 10.3 Å². The first-order valence-electron chi connectivity index (χ1n) is 6.58. The third-order valence-corrected chi connectivity index (χ3v) is 3.99. The first kappa shape index (κ1) is 14.0. The number of aromatic nitrogens is 2. The molecule has 0 spiro atoms. The van der Waals surface area contributed by atoms with Crippen molar-refractivity contribution in [1.82, 2.24) is 9.55 Å². The summed E-state index contributed by atoms with van der Waals surface area (Å²) in [5.41, 5.74) is 5.62. The van der Waals surface area contributed by atoms with Gasteiger partial charge in [0.15, 0.2) is 0 Å². The minimum absolute atomic E-state index is 0.000292. The Balaban J connectivity index is 2.43. The highest BCUT2D eigenvalue weighted by molar-refractivity contribution is 5.75. The summed E-state index contributed by atoms with van der Waals surface area (Å²) in [6.45, 7) is 5.63. The van der Waals surface area contributed by atoms with E-state index in [-0.39, 0.29) is 13.0 Å². The fraction of sp³-hybridized carbons (Fsp3) is 0.533. The zero-order valence-corrected chi connectivity index (χ0v) is 12.1. The number of imidazole rings is 1. The Bertz CT molecular complexity index is 583. The summed E-state index contributed by atoms with van der Waals surface area (Å²) in [5.74, 6) is 0.740. The minimum Gasteiger partial charge on any atom is -0.331 e. The molecule has 3 nitrogen and oxygen atoms in total. The van der Waals surface area contributed by atoms with E-state index in [4.69, 9.17) is 5.73 Å². The van der Waals surface area contributed by atoms with Gasteiger partial charge in [-0.3, -0.25) is 0 Å². The summed E-state index contributed by atoms with van der Waals surface area (Å²) in [5, 5.41) is 0. The van der Waals surface area contributed by atoms with Gasteiger partial charge in [-0.1, -0.05) is 32.9 Å². The smallest absolute Gasteiger partial charge is 0.134 e. The molecule has 0 radical (unpaired) electrons. The van der Waals surface area contributed by atoms with Crippen LogP contribution < -0.4 is 5.73 Å². The molecule has 4 heteroatoms. The zero-order valence-electron chi connectivity index (χ0n) is 12.1. The molecule has 19 heavy (non-hydrogen) atoms. The first-order chi connectivity index (χ1) is 8.78. The van der Waals surface area contributed by atoms with Gasteiger partial charge in [-0.05, 0) is 17.5 Å². The van der Waals surface area contributed by atoms with E-state index in [0.29, 0.717) is 0 Å². The standard InChI is InChI=1S/C15H22FN3/c1-14(2,3)15(16,10-17)9-13-18-11-7-5-6-8-12(11)19(13)4/h5-8H,9-10,17H2,1-4H3. The lowest BCUT2D eigenvalue weighted by Crippen LogP contribution is -2.47. The number of hydrogen-bond acceptors (Lipinski definition) is 2. The molecule has 0 aliphatic carbocycles. The van der Waals surface area contributed by atoms with Crippen LogP contribution in [0.25, 0.3) is 11.0 Å². The normalized spacial score (nSPS) is 15.7. The second-order valence-corrected chi connectivity index (χ2v) is 6.17. The van der Waals surface area contributed by atoms with Crippen LogP contribution in [-0.2, 0) is 13.5 Å².